The first-order chi connectivity index (χ1) is 10.7. The summed E-state index contributed by atoms with van der Waals surface area (Å²) in [7, 11) is 0. The first kappa shape index (κ1) is 16.0. The Morgan fingerprint density at radius 2 is 2.00 bits per heavy atom. The zero-order chi connectivity index (χ0) is 15.4. The predicted molar refractivity (Wildman–Crippen MR) is 87.7 cm³/mol. The zero-order valence-corrected chi connectivity index (χ0v) is 13.8. The number of hydrogen-bond donors (Lipinski definition) is 1. The third kappa shape index (κ3) is 4.31. The summed E-state index contributed by atoms with van der Waals surface area (Å²) in [6.45, 7) is 8.32. The Morgan fingerprint density at radius 3 is 2.73 bits per heavy atom. The second-order valence-corrected chi connectivity index (χ2v) is 7.16. The standard InChI is InChI=1S/C17H30N4O/c1-15-5-10-19(11-6-15)13-17(22)14-20-8-2-4-16(20)12-21-9-3-7-18-21/h3,7,9,15-17,22H,2,4-6,8,10-14H2,1H3/t16-,17+/m1/s1. The number of nitrogens with zero attached hydrogens (tertiary/aromatic N) is 4. The predicted octanol–water partition coefficient (Wildman–Crippen LogP) is 1.44. The van der Waals surface area contributed by atoms with E-state index in [0.29, 0.717) is 6.04 Å². The summed E-state index contributed by atoms with van der Waals surface area (Å²) in [6, 6.07) is 2.50. The minimum absolute atomic E-state index is 0.230. The van der Waals surface area contributed by atoms with Gasteiger partial charge in [-0.25, -0.2) is 0 Å². The number of piperidine rings is 1. The number of aliphatic hydroxyl groups is 1. The maximum Gasteiger partial charge on any atom is 0.0793 e. The van der Waals surface area contributed by atoms with Crippen LogP contribution in [0, 0.1) is 5.92 Å². The summed E-state index contributed by atoms with van der Waals surface area (Å²) >= 11 is 0. The van der Waals surface area contributed by atoms with Crippen LogP contribution in [0.5, 0.6) is 0 Å². The highest BCUT2D eigenvalue weighted by molar-refractivity contribution is 4.85. The lowest BCUT2D eigenvalue weighted by molar-refractivity contribution is 0.0553. The third-order valence-corrected chi connectivity index (χ3v) is 5.25. The van der Waals surface area contributed by atoms with Gasteiger partial charge in [0.1, 0.15) is 0 Å². The molecule has 3 heterocycles. The largest absolute Gasteiger partial charge is 0.390 e. The van der Waals surface area contributed by atoms with Crippen molar-refractivity contribution in [3.8, 4) is 0 Å². The fourth-order valence-corrected chi connectivity index (χ4v) is 3.84. The molecule has 1 aromatic rings. The monoisotopic (exact) mass is 306 g/mol. The quantitative estimate of drug-likeness (QED) is 0.864. The van der Waals surface area contributed by atoms with Gasteiger partial charge in [0.2, 0.25) is 0 Å². The molecule has 0 saturated carbocycles. The molecule has 0 radical (unpaired) electrons. The first-order valence-electron chi connectivity index (χ1n) is 8.82. The van der Waals surface area contributed by atoms with Crippen molar-refractivity contribution in [1.82, 2.24) is 19.6 Å². The molecule has 124 valence electrons. The summed E-state index contributed by atoms with van der Waals surface area (Å²) in [4.78, 5) is 4.89. The van der Waals surface area contributed by atoms with Crippen molar-refractivity contribution in [1.29, 1.82) is 0 Å². The smallest absolute Gasteiger partial charge is 0.0793 e. The van der Waals surface area contributed by atoms with Crippen LogP contribution in [0.4, 0.5) is 0 Å². The van der Waals surface area contributed by atoms with E-state index in [2.05, 4.69) is 21.8 Å². The minimum atomic E-state index is -0.230. The van der Waals surface area contributed by atoms with Crippen molar-refractivity contribution < 1.29 is 5.11 Å². The van der Waals surface area contributed by atoms with E-state index < -0.39 is 0 Å². The highest BCUT2D eigenvalue weighted by atomic mass is 16.3. The molecule has 0 unspecified atom stereocenters. The molecule has 2 aliphatic heterocycles. The Bertz CT molecular complexity index is 428. The van der Waals surface area contributed by atoms with Gasteiger partial charge in [-0.05, 0) is 57.3 Å². The number of aliphatic hydroxyl groups excluding tert-OH is 1. The molecular weight excluding hydrogens is 276 g/mol. The van der Waals surface area contributed by atoms with Crippen molar-refractivity contribution in [3.05, 3.63) is 18.5 Å². The fraction of sp³-hybridized carbons (Fsp3) is 0.824. The maximum absolute atomic E-state index is 10.5. The Morgan fingerprint density at radius 1 is 1.18 bits per heavy atom. The van der Waals surface area contributed by atoms with Gasteiger partial charge in [0.15, 0.2) is 0 Å². The Balaban J connectivity index is 1.44. The van der Waals surface area contributed by atoms with Crippen molar-refractivity contribution in [2.24, 2.45) is 5.92 Å². The topological polar surface area (TPSA) is 44.5 Å². The summed E-state index contributed by atoms with van der Waals surface area (Å²) in [6.07, 6.45) is 8.64. The summed E-state index contributed by atoms with van der Waals surface area (Å²) in [5.74, 6) is 0.852. The Hall–Kier alpha value is -0.910. The molecule has 0 amide bonds. The van der Waals surface area contributed by atoms with Gasteiger partial charge in [0.05, 0.1) is 12.6 Å². The van der Waals surface area contributed by atoms with Crippen molar-refractivity contribution in [3.63, 3.8) is 0 Å². The van der Waals surface area contributed by atoms with E-state index >= 15 is 0 Å². The third-order valence-electron chi connectivity index (χ3n) is 5.25. The van der Waals surface area contributed by atoms with Crippen LogP contribution >= 0.6 is 0 Å². The van der Waals surface area contributed by atoms with E-state index in [9.17, 15) is 5.11 Å². The Kier molecular flexibility index (Phi) is 5.50. The van der Waals surface area contributed by atoms with Gasteiger partial charge in [-0.1, -0.05) is 6.92 Å². The van der Waals surface area contributed by atoms with Crippen LogP contribution in [0.2, 0.25) is 0 Å². The molecule has 3 rings (SSSR count). The molecule has 5 heteroatoms. The van der Waals surface area contributed by atoms with Gasteiger partial charge in [0.25, 0.3) is 0 Å². The van der Waals surface area contributed by atoms with Gasteiger partial charge < -0.3 is 10.0 Å². The van der Waals surface area contributed by atoms with Gasteiger partial charge in [-0.2, -0.15) is 5.10 Å². The fourth-order valence-electron chi connectivity index (χ4n) is 3.84. The normalized spacial score (nSPS) is 26.5. The second-order valence-electron chi connectivity index (χ2n) is 7.16. The van der Waals surface area contributed by atoms with Crippen LogP contribution in [0.25, 0.3) is 0 Å². The molecule has 0 spiro atoms. The van der Waals surface area contributed by atoms with E-state index in [0.717, 1.165) is 45.2 Å². The summed E-state index contributed by atoms with van der Waals surface area (Å²) < 4.78 is 2.02. The van der Waals surface area contributed by atoms with Crippen LogP contribution in [0.1, 0.15) is 32.6 Å². The van der Waals surface area contributed by atoms with Crippen molar-refractivity contribution in [2.45, 2.75) is 51.3 Å². The molecule has 0 aliphatic carbocycles. The molecule has 0 aromatic carbocycles. The number of likely N-dealkylation sites (tertiary alicyclic amines) is 2. The minimum Gasteiger partial charge on any atom is -0.390 e. The molecule has 2 atom stereocenters. The molecule has 5 nitrogen and oxygen atoms in total. The second kappa shape index (κ2) is 7.57. The number of β-amino-alcohol motifs (C(OH)–C–C–N with tert-alkyl or cyclic N) is 1. The van der Waals surface area contributed by atoms with E-state index in [1.807, 2.05) is 23.1 Å². The van der Waals surface area contributed by atoms with Crippen LogP contribution in [-0.2, 0) is 6.54 Å². The van der Waals surface area contributed by atoms with Crippen LogP contribution in [-0.4, -0.2) is 69.6 Å². The SMILES string of the molecule is CC1CCN(C[C@H](O)CN2CCC[C@@H]2Cn2cccn2)CC1. The van der Waals surface area contributed by atoms with Crippen LogP contribution < -0.4 is 0 Å². The molecule has 2 saturated heterocycles. The summed E-state index contributed by atoms with van der Waals surface area (Å²) in [5, 5.41) is 14.8. The van der Waals surface area contributed by atoms with Gasteiger partial charge in [-0.15, -0.1) is 0 Å². The van der Waals surface area contributed by atoms with E-state index in [4.69, 9.17) is 0 Å². The van der Waals surface area contributed by atoms with E-state index in [1.165, 1.54) is 25.7 Å². The van der Waals surface area contributed by atoms with Crippen molar-refractivity contribution >= 4 is 0 Å². The van der Waals surface area contributed by atoms with Gasteiger partial charge >= 0.3 is 0 Å². The maximum atomic E-state index is 10.5. The number of hydrogen-bond acceptors (Lipinski definition) is 4. The highest BCUT2D eigenvalue weighted by Gasteiger charge is 2.27. The van der Waals surface area contributed by atoms with Gasteiger partial charge in [-0.3, -0.25) is 9.58 Å². The van der Waals surface area contributed by atoms with Gasteiger partial charge in [0, 0.05) is 31.5 Å². The first-order valence-corrected chi connectivity index (χ1v) is 8.82. The molecular formula is C17H30N4O. The molecule has 0 bridgehead atoms. The lowest BCUT2D eigenvalue weighted by Crippen LogP contribution is -2.45. The lowest BCUT2D eigenvalue weighted by Gasteiger charge is -2.33. The molecule has 2 fully saturated rings. The summed E-state index contributed by atoms with van der Waals surface area (Å²) in [5.41, 5.74) is 0. The van der Waals surface area contributed by atoms with E-state index in [1.54, 1.807) is 0 Å². The Labute approximate surface area is 133 Å². The molecule has 1 aromatic heterocycles. The average molecular weight is 306 g/mol. The van der Waals surface area contributed by atoms with Crippen LogP contribution in [0.15, 0.2) is 18.5 Å². The molecule has 2 aliphatic rings. The lowest BCUT2D eigenvalue weighted by atomic mass is 9.99. The molecule has 1 N–H and O–H groups in total. The van der Waals surface area contributed by atoms with Crippen molar-refractivity contribution in [2.75, 3.05) is 32.7 Å². The number of aromatic nitrogens is 2. The average Bonchev–Trinajstić information content (AvgIpc) is 3.15. The molecule has 22 heavy (non-hydrogen) atoms. The highest BCUT2D eigenvalue weighted by Crippen LogP contribution is 2.20. The van der Waals surface area contributed by atoms with E-state index in [-0.39, 0.29) is 6.10 Å². The number of rotatable bonds is 6. The zero-order valence-electron chi connectivity index (χ0n) is 13.8. The van der Waals surface area contributed by atoms with Crippen LogP contribution in [0.3, 0.4) is 0 Å².